The summed E-state index contributed by atoms with van der Waals surface area (Å²) < 4.78 is 22.7. The second-order valence-corrected chi connectivity index (χ2v) is 10.4. The molecule has 1 N–H and O–H groups in total. The first-order valence-corrected chi connectivity index (χ1v) is 12.6. The molecule has 1 saturated heterocycles. The lowest BCUT2D eigenvalue weighted by Gasteiger charge is -2.38. The van der Waals surface area contributed by atoms with Crippen LogP contribution in [0.3, 0.4) is 0 Å². The van der Waals surface area contributed by atoms with Crippen molar-refractivity contribution in [2.75, 3.05) is 24.6 Å². The molecule has 4 heterocycles. The molecule has 3 aromatic rings. The zero-order chi connectivity index (χ0) is 24.9. The average molecular weight is 528 g/mol. The van der Waals surface area contributed by atoms with E-state index in [1.54, 1.807) is 12.1 Å². The normalized spacial score (nSPS) is 23.7. The topological polar surface area (TPSA) is 84.8 Å². The maximum absolute atomic E-state index is 14.3. The molecule has 2 unspecified atom stereocenters. The number of tetrazole rings is 1. The maximum atomic E-state index is 14.3. The lowest BCUT2D eigenvalue weighted by molar-refractivity contribution is 0.198. The van der Waals surface area contributed by atoms with Gasteiger partial charge in [-0.05, 0) is 66.3 Å². The Morgan fingerprint density at radius 3 is 2.81 bits per heavy atom. The van der Waals surface area contributed by atoms with Crippen LogP contribution in [0.5, 0.6) is 6.01 Å². The molecule has 36 heavy (non-hydrogen) atoms. The van der Waals surface area contributed by atoms with Gasteiger partial charge < -0.3 is 9.64 Å². The van der Waals surface area contributed by atoms with Crippen molar-refractivity contribution in [3.05, 3.63) is 81.4 Å². The number of allylic oxidation sites excluding steroid dienone is 6. The number of ether oxygens (including phenoxy) is 1. The van der Waals surface area contributed by atoms with Crippen molar-refractivity contribution < 1.29 is 9.13 Å². The number of aromatic amines is 1. The van der Waals surface area contributed by atoms with Gasteiger partial charge in [0.2, 0.25) is 0 Å². The lowest BCUT2D eigenvalue weighted by Crippen LogP contribution is -2.36. The Kier molecular flexibility index (Phi) is 5.84. The second kappa shape index (κ2) is 9.05. The molecule has 0 spiro atoms. The predicted molar refractivity (Wildman–Crippen MR) is 135 cm³/mol. The standard InChI is InChI=1S/C25H24Cl2FN7O/c1-25(17-2-4-19(26)20(27)11-17)12-16-10-18(28)3-5-21(16)35-22(25)13-29-24(35)36-14-15-6-8-34(9-7-15)23-30-32-33-31-23/h2-5,10-13,15,21H,6-9,14H2,1H3,(H,30,31,32,33). The molecule has 0 saturated carbocycles. The summed E-state index contributed by atoms with van der Waals surface area (Å²) in [7, 11) is 0. The van der Waals surface area contributed by atoms with Crippen molar-refractivity contribution in [2.45, 2.75) is 31.2 Å². The fraction of sp³-hybridized carbons (Fsp3) is 0.360. The number of aromatic nitrogens is 6. The van der Waals surface area contributed by atoms with Gasteiger partial charge in [-0.3, -0.25) is 4.57 Å². The molecular weight excluding hydrogens is 504 g/mol. The third kappa shape index (κ3) is 4.00. The Balaban J connectivity index is 1.27. The van der Waals surface area contributed by atoms with Gasteiger partial charge in [0, 0.05) is 13.1 Å². The van der Waals surface area contributed by atoms with Crippen molar-refractivity contribution in [1.82, 2.24) is 30.2 Å². The quantitative estimate of drug-likeness (QED) is 0.490. The van der Waals surface area contributed by atoms with Crippen LogP contribution in [0, 0.1) is 5.92 Å². The minimum Gasteiger partial charge on any atom is -0.464 e. The zero-order valence-electron chi connectivity index (χ0n) is 19.5. The van der Waals surface area contributed by atoms with Crippen molar-refractivity contribution in [1.29, 1.82) is 0 Å². The number of anilines is 1. The van der Waals surface area contributed by atoms with Crippen molar-refractivity contribution in [3.8, 4) is 6.01 Å². The van der Waals surface area contributed by atoms with Gasteiger partial charge in [-0.15, -0.1) is 5.10 Å². The smallest absolute Gasteiger partial charge is 0.297 e. The average Bonchev–Trinajstić information content (AvgIpc) is 3.56. The molecule has 1 aromatic carbocycles. The Hall–Kier alpha value is -3.17. The van der Waals surface area contributed by atoms with E-state index in [0.29, 0.717) is 34.5 Å². The Morgan fingerprint density at radius 1 is 1.22 bits per heavy atom. The molecule has 11 heteroatoms. The van der Waals surface area contributed by atoms with Crippen LogP contribution in [-0.2, 0) is 5.41 Å². The van der Waals surface area contributed by atoms with Crippen LogP contribution in [0.4, 0.5) is 10.3 Å². The van der Waals surface area contributed by atoms with Crippen LogP contribution >= 0.6 is 23.2 Å². The molecular formula is C25H24Cl2FN7O. The van der Waals surface area contributed by atoms with Crippen LogP contribution in [-0.4, -0.2) is 49.9 Å². The summed E-state index contributed by atoms with van der Waals surface area (Å²) in [4.78, 5) is 6.78. The fourth-order valence-corrected chi connectivity index (χ4v) is 5.59. The largest absolute Gasteiger partial charge is 0.464 e. The minimum absolute atomic E-state index is 0.201. The van der Waals surface area contributed by atoms with Crippen molar-refractivity contribution in [2.24, 2.45) is 5.92 Å². The van der Waals surface area contributed by atoms with Crippen LogP contribution in [0.2, 0.25) is 10.0 Å². The van der Waals surface area contributed by atoms with Crippen molar-refractivity contribution in [3.63, 3.8) is 0 Å². The molecule has 0 radical (unpaired) electrons. The number of benzene rings is 1. The van der Waals surface area contributed by atoms with Crippen LogP contribution < -0.4 is 9.64 Å². The third-order valence-electron chi connectivity index (χ3n) is 7.31. The van der Waals surface area contributed by atoms with E-state index in [0.717, 1.165) is 42.8 Å². The SMILES string of the molecule is CC1(c2ccc(Cl)c(Cl)c2)C=C2C=C(F)C=CC2n2c1cnc2OCC1CCN(c2nn[nH]n2)CC1. The maximum Gasteiger partial charge on any atom is 0.297 e. The first-order chi connectivity index (χ1) is 17.4. The highest BCUT2D eigenvalue weighted by atomic mass is 35.5. The number of H-pyrrole nitrogens is 1. The second-order valence-electron chi connectivity index (χ2n) is 9.56. The number of hydrogen-bond acceptors (Lipinski definition) is 6. The van der Waals surface area contributed by atoms with Gasteiger partial charge in [0.25, 0.3) is 12.0 Å². The van der Waals surface area contributed by atoms with Gasteiger partial charge in [0.05, 0.1) is 40.0 Å². The van der Waals surface area contributed by atoms with Gasteiger partial charge in [0.1, 0.15) is 5.83 Å². The Morgan fingerprint density at radius 2 is 2.06 bits per heavy atom. The Bertz CT molecular complexity index is 1370. The van der Waals surface area contributed by atoms with E-state index in [4.69, 9.17) is 27.9 Å². The Labute approximate surface area is 217 Å². The first-order valence-electron chi connectivity index (χ1n) is 11.8. The first kappa shape index (κ1) is 23.2. The third-order valence-corrected chi connectivity index (χ3v) is 8.05. The molecule has 8 nitrogen and oxygen atoms in total. The number of rotatable bonds is 5. The molecule has 1 fully saturated rings. The number of imidazole rings is 1. The zero-order valence-corrected chi connectivity index (χ0v) is 21.0. The molecule has 2 aliphatic heterocycles. The van der Waals surface area contributed by atoms with Gasteiger partial charge in [-0.25, -0.2) is 9.37 Å². The van der Waals surface area contributed by atoms with Gasteiger partial charge in [-0.1, -0.05) is 46.5 Å². The number of hydrogen-bond donors (Lipinski definition) is 1. The minimum atomic E-state index is -0.605. The summed E-state index contributed by atoms with van der Waals surface area (Å²) in [5.74, 6) is 0.718. The summed E-state index contributed by atoms with van der Waals surface area (Å²) in [5, 5.41) is 15.2. The van der Waals surface area contributed by atoms with Gasteiger partial charge >= 0.3 is 0 Å². The molecule has 0 amide bonds. The highest BCUT2D eigenvalue weighted by molar-refractivity contribution is 6.42. The number of halogens is 3. The molecule has 6 rings (SSSR count). The van der Waals surface area contributed by atoms with Crippen molar-refractivity contribution >= 4 is 29.2 Å². The van der Waals surface area contributed by atoms with Gasteiger partial charge in [0.15, 0.2) is 0 Å². The number of nitrogens with zero attached hydrogens (tertiary/aromatic N) is 6. The summed E-state index contributed by atoms with van der Waals surface area (Å²) in [5.41, 5.74) is 2.11. The summed E-state index contributed by atoms with van der Waals surface area (Å²) >= 11 is 12.6. The van der Waals surface area contributed by atoms with E-state index < -0.39 is 5.41 Å². The molecule has 1 aliphatic carbocycles. The van der Waals surface area contributed by atoms with Gasteiger partial charge in [-0.2, -0.15) is 5.21 Å². The number of nitrogens with one attached hydrogen (secondary N) is 1. The van der Waals surface area contributed by atoms with E-state index in [-0.39, 0.29) is 11.9 Å². The van der Waals surface area contributed by atoms with E-state index in [9.17, 15) is 4.39 Å². The molecule has 186 valence electrons. The van der Waals surface area contributed by atoms with E-state index in [2.05, 4.69) is 48.1 Å². The summed E-state index contributed by atoms with van der Waals surface area (Å²) in [6, 6.07) is 5.90. The van der Waals surface area contributed by atoms with Crippen LogP contribution in [0.1, 0.15) is 37.1 Å². The van der Waals surface area contributed by atoms with E-state index in [1.165, 1.54) is 6.08 Å². The monoisotopic (exact) mass is 527 g/mol. The molecule has 0 bridgehead atoms. The number of piperidine rings is 1. The van der Waals surface area contributed by atoms with E-state index >= 15 is 0 Å². The number of fused-ring (bicyclic) bond motifs is 3. The van der Waals surface area contributed by atoms with Crippen LogP contribution in [0.15, 0.2) is 60.1 Å². The lowest BCUT2D eigenvalue weighted by atomic mass is 9.74. The highest BCUT2D eigenvalue weighted by Gasteiger charge is 2.40. The molecule has 3 aliphatic rings. The predicted octanol–water partition coefficient (Wildman–Crippen LogP) is 5.21. The molecule has 2 aromatic heterocycles. The summed E-state index contributed by atoms with van der Waals surface area (Å²) in [6.07, 6.45) is 10.7. The molecule has 2 atom stereocenters. The highest BCUT2D eigenvalue weighted by Crippen LogP contribution is 2.47. The van der Waals surface area contributed by atoms with Crippen LogP contribution in [0.25, 0.3) is 0 Å². The van der Waals surface area contributed by atoms with E-state index in [1.807, 2.05) is 24.4 Å². The fourth-order valence-electron chi connectivity index (χ4n) is 5.29. The summed E-state index contributed by atoms with van der Waals surface area (Å²) in [6.45, 7) is 4.29.